The number of hydrogen-bond acceptors (Lipinski definition) is 9. The van der Waals surface area contributed by atoms with Crippen molar-refractivity contribution >= 4 is 28.7 Å². The third-order valence-electron chi connectivity index (χ3n) is 4.72. The molecule has 3 heterocycles. The standard InChI is InChI=1S/C18H20FN5O4S/c1-29-18-22-15(20-6-9-3-2-4-10(19)5-9)12-16(23-18)24(8-21-12)17-14(27)13(26)11(7-25)28-17/h2-5,8,11,13-14,17,25-27H,6-7H2,1H3,(H,20,22,23)/t11-,13-,14-,17-/m1/s1. The van der Waals surface area contributed by atoms with Gasteiger partial charge in [0.2, 0.25) is 0 Å². The molecule has 0 amide bonds. The SMILES string of the molecule is CSc1nc(NCc2cccc(F)c2)c2ncn([C@@H]3O[C@H](CO)[C@@H](O)[C@H]3O)c2n1. The van der Waals surface area contributed by atoms with Crippen molar-refractivity contribution in [3.05, 3.63) is 42.0 Å². The first kappa shape index (κ1) is 20.0. The molecule has 0 radical (unpaired) electrons. The lowest BCUT2D eigenvalue weighted by atomic mass is 10.1. The molecule has 29 heavy (non-hydrogen) atoms. The van der Waals surface area contributed by atoms with Crippen LogP contribution in [-0.2, 0) is 11.3 Å². The summed E-state index contributed by atoms with van der Waals surface area (Å²) in [5.74, 6) is 0.129. The third-order valence-corrected chi connectivity index (χ3v) is 5.27. The van der Waals surface area contributed by atoms with E-state index in [9.17, 15) is 19.7 Å². The second-order valence-electron chi connectivity index (χ2n) is 6.60. The van der Waals surface area contributed by atoms with E-state index in [0.717, 1.165) is 5.56 Å². The maximum Gasteiger partial charge on any atom is 0.191 e. The molecule has 0 bridgehead atoms. The topological polar surface area (TPSA) is 126 Å². The van der Waals surface area contributed by atoms with Gasteiger partial charge in [-0.25, -0.2) is 19.3 Å². The molecule has 0 aliphatic carbocycles. The Bertz CT molecular complexity index is 1020. The number of imidazole rings is 1. The molecule has 11 heteroatoms. The fourth-order valence-electron chi connectivity index (χ4n) is 3.24. The van der Waals surface area contributed by atoms with Gasteiger partial charge in [-0.05, 0) is 24.0 Å². The van der Waals surface area contributed by atoms with Crippen LogP contribution in [-0.4, -0.2) is 66.0 Å². The molecule has 1 aromatic carbocycles. The van der Waals surface area contributed by atoms with Gasteiger partial charge in [-0.3, -0.25) is 4.57 Å². The van der Waals surface area contributed by atoms with Gasteiger partial charge >= 0.3 is 0 Å². The highest BCUT2D eigenvalue weighted by atomic mass is 32.2. The summed E-state index contributed by atoms with van der Waals surface area (Å²) in [6.45, 7) is -0.0920. The molecule has 0 saturated carbocycles. The van der Waals surface area contributed by atoms with Crippen LogP contribution in [0.4, 0.5) is 10.2 Å². The fourth-order valence-corrected chi connectivity index (χ4v) is 3.60. The molecule has 4 atom stereocenters. The van der Waals surface area contributed by atoms with Gasteiger partial charge in [-0.15, -0.1) is 0 Å². The third kappa shape index (κ3) is 3.79. The summed E-state index contributed by atoms with van der Waals surface area (Å²) in [5, 5.41) is 33.3. The summed E-state index contributed by atoms with van der Waals surface area (Å²) in [7, 11) is 0. The number of nitrogens with one attached hydrogen (secondary N) is 1. The predicted octanol–water partition coefficient (Wildman–Crippen LogP) is 0.911. The second kappa shape index (κ2) is 8.20. The van der Waals surface area contributed by atoms with E-state index >= 15 is 0 Å². The van der Waals surface area contributed by atoms with Crippen molar-refractivity contribution in [1.82, 2.24) is 19.5 Å². The Hall–Kier alpha value is -2.31. The van der Waals surface area contributed by atoms with Gasteiger partial charge in [0, 0.05) is 6.54 Å². The molecule has 3 aromatic rings. The Morgan fingerprint density at radius 3 is 2.79 bits per heavy atom. The molecule has 0 spiro atoms. The second-order valence-corrected chi connectivity index (χ2v) is 7.37. The van der Waals surface area contributed by atoms with Crippen molar-refractivity contribution in [3.8, 4) is 0 Å². The van der Waals surface area contributed by atoms with Crippen molar-refractivity contribution < 1.29 is 24.4 Å². The van der Waals surface area contributed by atoms with Crippen LogP contribution < -0.4 is 5.32 Å². The van der Waals surface area contributed by atoms with E-state index in [1.807, 2.05) is 6.26 Å². The minimum absolute atomic E-state index is 0.324. The van der Waals surface area contributed by atoms with E-state index in [0.29, 0.717) is 28.7 Å². The van der Waals surface area contributed by atoms with Gasteiger partial charge in [-0.2, -0.15) is 0 Å². The number of aromatic nitrogens is 4. The largest absolute Gasteiger partial charge is 0.394 e. The number of ether oxygens (including phenoxy) is 1. The number of thioether (sulfide) groups is 1. The van der Waals surface area contributed by atoms with E-state index in [1.54, 1.807) is 12.1 Å². The van der Waals surface area contributed by atoms with Crippen LogP contribution in [0.1, 0.15) is 11.8 Å². The minimum Gasteiger partial charge on any atom is -0.394 e. The molecule has 0 unspecified atom stereocenters. The lowest BCUT2D eigenvalue weighted by molar-refractivity contribution is -0.0511. The lowest BCUT2D eigenvalue weighted by Crippen LogP contribution is -2.33. The van der Waals surface area contributed by atoms with Crippen molar-refractivity contribution in [2.24, 2.45) is 0 Å². The highest BCUT2D eigenvalue weighted by Gasteiger charge is 2.44. The Morgan fingerprint density at radius 2 is 2.10 bits per heavy atom. The maximum absolute atomic E-state index is 13.4. The molecular formula is C18H20FN5O4S. The highest BCUT2D eigenvalue weighted by Crippen LogP contribution is 2.33. The van der Waals surface area contributed by atoms with Crippen molar-refractivity contribution in [2.75, 3.05) is 18.2 Å². The van der Waals surface area contributed by atoms with E-state index in [-0.39, 0.29) is 5.82 Å². The van der Waals surface area contributed by atoms with Gasteiger partial charge < -0.3 is 25.4 Å². The normalized spacial score (nSPS) is 24.3. The van der Waals surface area contributed by atoms with Crippen LogP contribution in [0.3, 0.4) is 0 Å². The zero-order valence-corrected chi connectivity index (χ0v) is 16.3. The molecule has 154 valence electrons. The van der Waals surface area contributed by atoms with E-state index in [2.05, 4.69) is 20.3 Å². The molecule has 1 fully saturated rings. The molecule has 4 rings (SSSR count). The molecule has 1 saturated heterocycles. The number of rotatable bonds is 6. The molecular weight excluding hydrogens is 401 g/mol. The first-order valence-electron chi connectivity index (χ1n) is 8.91. The Kier molecular flexibility index (Phi) is 5.65. The summed E-state index contributed by atoms with van der Waals surface area (Å²) in [4.78, 5) is 13.2. The predicted molar refractivity (Wildman–Crippen MR) is 104 cm³/mol. The van der Waals surface area contributed by atoms with Gasteiger partial charge in [0.15, 0.2) is 28.4 Å². The van der Waals surface area contributed by atoms with E-state index in [1.165, 1.54) is 34.8 Å². The number of nitrogens with zero attached hydrogens (tertiary/aromatic N) is 4. The van der Waals surface area contributed by atoms with Crippen molar-refractivity contribution in [1.29, 1.82) is 0 Å². The van der Waals surface area contributed by atoms with Crippen LogP contribution in [0, 0.1) is 5.82 Å². The average molecular weight is 421 g/mol. The summed E-state index contributed by atoms with van der Waals surface area (Å²) < 4.78 is 20.5. The van der Waals surface area contributed by atoms with Crippen molar-refractivity contribution in [3.63, 3.8) is 0 Å². The number of benzene rings is 1. The summed E-state index contributed by atoms with van der Waals surface area (Å²) in [5.41, 5.74) is 1.59. The van der Waals surface area contributed by atoms with Crippen LogP contribution >= 0.6 is 11.8 Å². The van der Waals surface area contributed by atoms with E-state index < -0.39 is 31.1 Å². The van der Waals surface area contributed by atoms with Gasteiger partial charge in [0.25, 0.3) is 0 Å². The van der Waals surface area contributed by atoms with Crippen LogP contribution in [0.5, 0.6) is 0 Å². The van der Waals surface area contributed by atoms with Crippen LogP contribution in [0.25, 0.3) is 11.2 Å². The van der Waals surface area contributed by atoms with Crippen molar-refractivity contribution in [2.45, 2.75) is 36.2 Å². The Morgan fingerprint density at radius 1 is 1.28 bits per heavy atom. The van der Waals surface area contributed by atoms with E-state index in [4.69, 9.17) is 4.74 Å². The minimum atomic E-state index is -1.25. The van der Waals surface area contributed by atoms with Gasteiger partial charge in [-0.1, -0.05) is 23.9 Å². The van der Waals surface area contributed by atoms with Gasteiger partial charge in [0.05, 0.1) is 12.9 Å². The average Bonchev–Trinajstić information content (AvgIpc) is 3.27. The number of aliphatic hydroxyl groups excluding tert-OH is 3. The lowest BCUT2D eigenvalue weighted by Gasteiger charge is -2.17. The number of aliphatic hydroxyl groups is 3. The smallest absolute Gasteiger partial charge is 0.191 e. The number of halogens is 1. The quantitative estimate of drug-likeness (QED) is 0.339. The molecule has 9 nitrogen and oxygen atoms in total. The summed E-state index contributed by atoms with van der Waals surface area (Å²) >= 11 is 1.33. The Labute approximate surface area is 169 Å². The monoisotopic (exact) mass is 421 g/mol. The number of hydrogen-bond donors (Lipinski definition) is 4. The molecule has 1 aliphatic rings. The fraction of sp³-hybridized carbons (Fsp3) is 0.389. The van der Waals surface area contributed by atoms with Gasteiger partial charge in [0.1, 0.15) is 24.1 Å². The zero-order valence-electron chi connectivity index (χ0n) is 15.4. The molecule has 1 aliphatic heterocycles. The Balaban J connectivity index is 1.68. The maximum atomic E-state index is 13.4. The summed E-state index contributed by atoms with van der Waals surface area (Å²) in [6, 6.07) is 6.23. The van der Waals surface area contributed by atoms with Crippen LogP contribution in [0.15, 0.2) is 35.7 Å². The van der Waals surface area contributed by atoms with Crippen LogP contribution in [0.2, 0.25) is 0 Å². The molecule has 2 aromatic heterocycles. The number of fused-ring (bicyclic) bond motifs is 1. The highest BCUT2D eigenvalue weighted by molar-refractivity contribution is 7.98. The number of anilines is 1. The first-order valence-corrected chi connectivity index (χ1v) is 10.1. The first-order chi connectivity index (χ1) is 14.0. The zero-order chi connectivity index (χ0) is 20.5. The summed E-state index contributed by atoms with van der Waals surface area (Å²) in [6.07, 6.45) is -1.06. The molecule has 4 N–H and O–H groups in total.